The van der Waals surface area contributed by atoms with E-state index in [2.05, 4.69) is 25.3 Å². The van der Waals surface area contributed by atoms with Gasteiger partial charge in [0.15, 0.2) is 4.34 Å². The molecule has 0 atom stereocenters. The largest absolute Gasteiger partial charge is 0.392 e. The molecule has 0 spiro atoms. The highest BCUT2D eigenvalue weighted by atomic mass is 79.9. The smallest absolute Gasteiger partial charge is 0.174 e. The molecular weight excluding hydrogens is 320 g/mol. The molecule has 1 aromatic carbocycles. The highest BCUT2D eigenvalue weighted by molar-refractivity contribution is 9.10. The van der Waals surface area contributed by atoms with Crippen LogP contribution in [0.1, 0.15) is 18.3 Å². The first-order valence-corrected chi connectivity index (χ1v) is 7.51. The molecule has 0 aliphatic heterocycles. The van der Waals surface area contributed by atoms with Crippen molar-refractivity contribution in [3.63, 3.8) is 0 Å². The fraction of sp³-hybridized carbons (Fsp3) is 0.273. The molecule has 1 heterocycles. The maximum Gasteiger partial charge on any atom is 0.174 e. The summed E-state index contributed by atoms with van der Waals surface area (Å²) >= 11 is 6.50. The van der Waals surface area contributed by atoms with Crippen molar-refractivity contribution in [2.45, 2.75) is 29.2 Å². The Morgan fingerprint density at radius 1 is 1.47 bits per heavy atom. The average Bonchev–Trinajstić information content (AvgIpc) is 2.79. The molecule has 0 saturated heterocycles. The van der Waals surface area contributed by atoms with Crippen LogP contribution in [0.4, 0.5) is 0 Å². The number of halogens is 1. The maximum atomic E-state index is 9.03. The van der Waals surface area contributed by atoms with E-state index >= 15 is 0 Å². The van der Waals surface area contributed by atoms with E-state index in [1.165, 1.54) is 11.5 Å². The molecule has 0 amide bonds. The van der Waals surface area contributed by atoms with Crippen LogP contribution in [0.15, 0.2) is 31.9 Å². The van der Waals surface area contributed by atoms with Crippen LogP contribution in [0.5, 0.6) is 0 Å². The van der Waals surface area contributed by atoms with Crippen LogP contribution in [0.2, 0.25) is 0 Å². The van der Waals surface area contributed by atoms with Gasteiger partial charge in [-0.1, -0.05) is 24.8 Å². The van der Waals surface area contributed by atoms with Gasteiger partial charge in [-0.25, -0.2) is 4.98 Å². The average molecular weight is 331 g/mol. The molecule has 3 nitrogen and oxygen atoms in total. The molecule has 17 heavy (non-hydrogen) atoms. The molecule has 0 aliphatic rings. The van der Waals surface area contributed by atoms with Gasteiger partial charge in [-0.2, -0.15) is 4.37 Å². The summed E-state index contributed by atoms with van der Waals surface area (Å²) in [5.74, 6) is 0.889. The van der Waals surface area contributed by atoms with E-state index in [0.717, 1.165) is 31.5 Å². The van der Waals surface area contributed by atoms with E-state index in [1.807, 2.05) is 25.1 Å². The number of aromatic nitrogens is 2. The monoisotopic (exact) mass is 330 g/mol. The number of benzene rings is 1. The first-order chi connectivity index (χ1) is 8.22. The fourth-order valence-corrected chi connectivity index (χ4v) is 3.57. The molecule has 2 rings (SSSR count). The molecule has 90 valence electrons. The second-order valence-corrected chi connectivity index (χ2v) is 6.25. The predicted octanol–water partition coefficient (Wildman–Crippen LogP) is 3.51. The van der Waals surface area contributed by atoms with Gasteiger partial charge in [0.2, 0.25) is 0 Å². The molecule has 2 aromatic rings. The molecule has 1 aromatic heterocycles. The summed E-state index contributed by atoms with van der Waals surface area (Å²) < 4.78 is 6.17. The van der Waals surface area contributed by atoms with Crippen LogP contribution in [0.25, 0.3) is 0 Å². The van der Waals surface area contributed by atoms with Gasteiger partial charge in [0, 0.05) is 15.8 Å². The van der Waals surface area contributed by atoms with Crippen LogP contribution in [0.3, 0.4) is 0 Å². The van der Waals surface area contributed by atoms with Crippen LogP contribution < -0.4 is 0 Å². The molecule has 0 aliphatic carbocycles. The lowest BCUT2D eigenvalue weighted by Crippen LogP contribution is -1.84. The summed E-state index contributed by atoms with van der Waals surface area (Å²) in [5.41, 5.74) is 0.896. The van der Waals surface area contributed by atoms with Crippen LogP contribution in [-0.2, 0) is 13.0 Å². The zero-order valence-electron chi connectivity index (χ0n) is 9.18. The highest BCUT2D eigenvalue weighted by Gasteiger charge is 2.08. The van der Waals surface area contributed by atoms with Crippen molar-refractivity contribution in [1.29, 1.82) is 0 Å². The van der Waals surface area contributed by atoms with Crippen molar-refractivity contribution in [3.8, 4) is 0 Å². The van der Waals surface area contributed by atoms with Crippen molar-refractivity contribution >= 4 is 39.2 Å². The molecule has 0 fully saturated rings. The Balaban J connectivity index is 2.18. The Morgan fingerprint density at radius 2 is 2.29 bits per heavy atom. The summed E-state index contributed by atoms with van der Waals surface area (Å²) in [4.78, 5) is 5.49. The minimum atomic E-state index is 0.0579. The molecule has 6 heteroatoms. The number of hydrogen-bond donors (Lipinski definition) is 1. The second kappa shape index (κ2) is 5.95. The van der Waals surface area contributed by atoms with Gasteiger partial charge < -0.3 is 5.11 Å². The van der Waals surface area contributed by atoms with Gasteiger partial charge in [-0.05, 0) is 45.2 Å². The summed E-state index contributed by atoms with van der Waals surface area (Å²) in [6.07, 6.45) is 0.863. The lowest BCUT2D eigenvalue weighted by molar-refractivity contribution is 0.281. The lowest BCUT2D eigenvalue weighted by atomic mass is 10.2. The second-order valence-electron chi connectivity index (χ2n) is 3.36. The van der Waals surface area contributed by atoms with Gasteiger partial charge in [0.25, 0.3) is 0 Å². The van der Waals surface area contributed by atoms with Gasteiger partial charge in [0.1, 0.15) is 5.82 Å². The summed E-state index contributed by atoms with van der Waals surface area (Å²) in [5, 5.41) is 9.03. The van der Waals surface area contributed by atoms with Crippen molar-refractivity contribution in [2.24, 2.45) is 0 Å². The van der Waals surface area contributed by atoms with Gasteiger partial charge in [0.05, 0.1) is 6.61 Å². The predicted molar refractivity (Wildman–Crippen MR) is 73.5 cm³/mol. The summed E-state index contributed by atoms with van der Waals surface area (Å²) in [7, 11) is 0. The number of rotatable bonds is 4. The quantitative estimate of drug-likeness (QED) is 0.931. The fourth-order valence-electron chi connectivity index (χ4n) is 1.24. The van der Waals surface area contributed by atoms with Crippen LogP contribution >= 0.6 is 39.2 Å². The Labute approximate surface area is 117 Å². The number of aliphatic hydroxyl groups excluding tert-OH is 1. The van der Waals surface area contributed by atoms with Crippen molar-refractivity contribution < 1.29 is 5.11 Å². The third kappa shape index (κ3) is 3.28. The van der Waals surface area contributed by atoms with Crippen LogP contribution in [0, 0.1) is 0 Å². The number of hydrogen-bond acceptors (Lipinski definition) is 5. The van der Waals surface area contributed by atoms with Crippen molar-refractivity contribution in [3.05, 3.63) is 34.1 Å². The first kappa shape index (κ1) is 13.0. The van der Waals surface area contributed by atoms with Gasteiger partial charge in [-0.15, -0.1) is 0 Å². The number of nitrogens with zero attached hydrogens (tertiary/aromatic N) is 2. The highest BCUT2D eigenvalue weighted by Crippen LogP contribution is 2.34. The minimum Gasteiger partial charge on any atom is -0.392 e. The first-order valence-electron chi connectivity index (χ1n) is 5.12. The van der Waals surface area contributed by atoms with Crippen molar-refractivity contribution in [2.75, 3.05) is 0 Å². The lowest BCUT2D eigenvalue weighted by Gasteiger charge is -2.03. The van der Waals surface area contributed by atoms with E-state index in [9.17, 15) is 0 Å². The molecule has 0 bridgehead atoms. The Morgan fingerprint density at radius 3 is 2.88 bits per heavy atom. The van der Waals surface area contributed by atoms with Gasteiger partial charge >= 0.3 is 0 Å². The normalized spacial score (nSPS) is 10.8. The van der Waals surface area contributed by atoms with E-state index < -0.39 is 0 Å². The standard InChI is InChI=1S/C11H11BrN2OS2/c1-2-10-13-11(17-14-10)16-9-4-3-7(6-15)5-8(9)12/h3-5,15H,2,6H2,1H3. The number of aliphatic hydroxyl groups is 1. The van der Waals surface area contributed by atoms with E-state index in [-0.39, 0.29) is 6.61 Å². The minimum absolute atomic E-state index is 0.0579. The molecular formula is C11H11BrN2OS2. The Kier molecular flexibility index (Phi) is 4.55. The van der Waals surface area contributed by atoms with E-state index in [4.69, 9.17) is 5.11 Å². The molecule has 0 unspecified atom stereocenters. The molecule has 0 radical (unpaired) electrons. The zero-order valence-corrected chi connectivity index (χ0v) is 12.4. The molecule has 1 N–H and O–H groups in total. The Hall–Kier alpha value is -0.430. The van der Waals surface area contributed by atoms with Crippen LogP contribution in [-0.4, -0.2) is 14.5 Å². The SMILES string of the molecule is CCc1nsc(Sc2ccc(CO)cc2Br)n1. The zero-order chi connectivity index (χ0) is 12.3. The third-order valence-electron chi connectivity index (χ3n) is 2.14. The third-order valence-corrected chi connectivity index (χ3v) is 4.93. The van der Waals surface area contributed by atoms with E-state index in [1.54, 1.807) is 11.8 Å². The molecule has 0 saturated carbocycles. The topological polar surface area (TPSA) is 46.0 Å². The van der Waals surface area contributed by atoms with Gasteiger partial charge in [-0.3, -0.25) is 0 Å². The summed E-state index contributed by atoms with van der Waals surface area (Å²) in [6.45, 7) is 2.10. The van der Waals surface area contributed by atoms with E-state index in [0.29, 0.717) is 0 Å². The summed E-state index contributed by atoms with van der Waals surface area (Å²) in [6, 6.07) is 5.81. The number of aryl methyl sites for hydroxylation is 1. The Bertz CT molecular complexity index is 516. The van der Waals surface area contributed by atoms with Crippen molar-refractivity contribution in [1.82, 2.24) is 9.36 Å². The maximum absolute atomic E-state index is 9.03.